The number of fused-ring (bicyclic) bond motifs is 1. The molecule has 2 unspecified atom stereocenters. The minimum atomic E-state index is 0.239. The third-order valence-electron chi connectivity index (χ3n) is 4.33. The van der Waals surface area contributed by atoms with Gasteiger partial charge in [-0.2, -0.15) is 0 Å². The highest BCUT2D eigenvalue weighted by atomic mass is 16.6. The number of benzene rings is 1. The minimum absolute atomic E-state index is 0.239. The van der Waals surface area contributed by atoms with Gasteiger partial charge in [0.1, 0.15) is 13.2 Å². The number of nitrogens with two attached hydrogens (primary N) is 1. The zero-order valence-corrected chi connectivity index (χ0v) is 12.6. The molecular weight excluding hydrogens is 268 g/mol. The number of hydrogen-bond donors (Lipinski definition) is 1. The second-order valence-corrected chi connectivity index (χ2v) is 5.76. The van der Waals surface area contributed by atoms with E-state index < -0.39 is 0 Å². The number of likely N-dealkylation sites (tertiary alicyclic amines) is 1. The molecule has 0 spiro atoms. The van der Waals surface area contributed by atoms with E-state index in [1.807, 2.05) is 6.07 Å². The highest BCUT2D eigenvalue weighted by Gasteiger charge is 2.29. The van der Waals surface area contributed by atoms with Crippen molar-refractivity contribution in [3.63, 3.8) is 0 Å². The van der Waals surface area contributed by atoms with Gasteiger partial charge in [0.15, 0.2) is 11.5 Å². The number of hydrogen-bond acceptors (Lipinski definition) is 5. The lowest BCUT2D eigenvalue weighted by molar-refractivity contribution is 0.147. The Bertz CT molecular complexity index is 481. The molecule has 116 valence electrons. The van der Waals surface area contributed by atoms with E-state index in [4.69, 9.17) is 19.9 Å². The van der Waals surface area contributed by atoms with E-state index >= 15 is 0 Å². The second-order valence-electron chi connectivity index (χ2n) is 5.76. The molecule has 1 fully saturated rings. The van der Waals surface area contributed by atoms with Crippen LogP contribution in [-0.4, -0.2) is 51.5 Å². The summed E-state index contributed by atoms with van der Waals surface area (Å²) >= 11 is 0. The first-order valence-corrected chi connectivity index (χ1v) is 7.64. The van der Waals surface area contributed by atoms with Gasteiger partial charge in [0.2, 0.25) is 0 Å². The first-order chi connectivity index (χ1) is 10.3. The number of nitrogens with zero attached hydrogens (tertiary/aromatic N) is 1. The van der Waals surface area contributed by atoms with Crippen LogP contribution in [0.1, 0.15) is 18.0 Å². The maximum atomic E-state index is 6.04. The molecule has 0 radical (unpaired) electrons. The Morgan fingerprint density at radius 3 is 2.90 bits per heavy atom. The summed E-state index contributed by atoms with van der Waals surface area (Å²) in [6, 6.07) is 6.42. The lowest BCUT2D eigenvalue weighted by Gasteiger charge is -2.28. The summed E-state index contributed by atoms with van der Waals surface area (Å²) in [5.74, 6) is 2.28. The Morgan fingerprint density at radius 1 is 1.33 bits per heavy atom. The molecule has 0 saturated carbocycles. The maximum Gasteiger partial charge on any atom is 0.161 e. The molecule has 5 heteroatoms. The molecule has 1 aromatic carbocycles. The Balaban J connectivity index is 1.74. The fourth-order valence-corrected chi connectivity index (χ4v) is 3.28. The van der Waals surface area contributed by atoms with Crippen molar-refractivity contribution in [3.8, 4) is 11.5 Å². The fraction of sp³-hybridized carbons (Fsp3) is 0.625. The number of rotatable bonds is 5. The van der Waals surface area contributed by atoms with Crippen LogP contribution in [-0.2, 0) is 4.74 Å². The van der Waals surface area contributed by atoms with Crippen LogP contribution in [0.3, 0.4) is 0 Å². The van der Waals surface area contributed by atoms with Crippen molar-refractivity contribution in [2.24, 2.45) is 11.7 Å². The molecule has 0 aromatic heterocycles. The van der Waals surface area contributed by atoms with E-state index in [0.29, 0.717) is 25.7 Å². The summed E-state index contributed by atoms with van der Waals surface area (Å²) in [6.45, 7) is 4.80. The van der Waals surface area contributed by atoms with Crippen LogP contribution < -0.4 is 15.2 Å². The van der Waals surface area contributed by atoms with Crippen molar-refractivity contribution in [3.05, 3.63) is 23.8 Å². The Kier molecular flexibility index (Phi) is 4.63. The average Bonchev–Trinajstić information content (AvgIpc) is 2.97. The Hall–Kier alpha value is -1.30. The van der Waals surface area contributed by atoms with Gasteiger partial charge in [0.05, 0.1) is 6.61 Å². The van der Waals surface area contributed by atoms with Crippen molar-refractivity contribution in [2.75, 3.05) is 46.6 Å². The lowest BCUT2D eigenvalue weighted by Crippen LogP contribution is -2.32. The molecule has 2 aliphatic heterocycles. The summed E-state index contributed by atoms with van der Waals surface area (Å²) < 4.78 is 16.5. The van der Waals surface area contributed by atoms with Gasteiger partial charge in [-0.05, 0) is 36.6 Å². The normalized spacial score (nSPS) is 23.2. The van der Waals surface area contributed by atoms with Crippen molar-refractivity contribution in [1.82, 2.24) is 4.90 Å². The van der Waals surface area contributed by atoms with Crippen molar-refractivity contribution < 1.29 is 14.2 Å². The molecule has 2 atom stereocenters. The van der Waals surface area contributed by atoms with Gasteiger partial charge < -0.3 is 19.9 Å². The van der Waals surface area contributed by atoms with Gasteiger partial charge in [-0.1, -0.05) is 6.07 Å². The third-order valence-corrected chi connectivity index (χ3v) is 4.33. The molecule has 2 aliphatic rings. The van der Waals surface area contributed by atoms with Gasteiger partial charge in [-0.3, -0.25) is 4.90 Å². The van der Waals surface area contributed by atoms with E-state index in [1.165, 1.54) is 12.0 Å². The Morgan fingerprint density at radius 2 is 2.14 bits per heavy atom. The van der Waals surface area contributed by atoms with Crippen molar-refractivity contribution >= 4 is 0 Å². The maximum absolute atomic E-state index is 6.04. The smallest absolute Gasteiger partial charge is 0.161 e. The highest BCUT2D eigenvalue weighted by molar-refractivity contribution is 5.44. The van der Waals surface area contributed by atoms with Crippen LogP contribution in [0.4, 0.5) is 0 Å². The summed E-state index contributed by atoms with van der Waals surface area (Å²) in [5.41, 5.74) is 7.24. The number of methoxy groups -OCH3 is 1. The predicted octanol–water partition coefficient (Wildman–Crippen LogP) is 1.43. The SMILES string of the molecule is COCC1CCN(C(CN)c2ccc3c(c2)OCCO3)C1. The van der Waals surface area contributed by atoms with Crippen LogP contribution >= 0.6 is 0 Å². The molecule has 0 amide bonds. The van der Waals surface area contributed by atoms with Gasteiger partial charge in [0.25, 0.3) is 0 Å². The molecule has 2 N–H and O–H groups in total. The zero-order valence-electron chi connectivity index (χ0n) is 12.6. The summed E-state index contributed by atoms with van der Waals surface area (Å²) in [7, 11) is 1.77. The van der Waals surface area contributed by atoms with Crippen LogP contribution in [0.15, 0.2) is 18.2 Å². The van der Waals surface area contributed by atoms with Crippen LogP contribution in [0, 0.1) is 5.92 Å². The van der Waals surface area contributed by atoms with Crippen LogP contribution in [0.2, 0.25) is 0 Å². The minimum Gasteiger partial charge on any atom is -0.486 e. The number of ether oxygens (including phenoxy) is 3. The van der Waals surface area contributed by atoms with Gasteiger partial charge in [-0.25, -0.2) is 0 Å². The van der Waals surface area contributed by atoms with E-state index in [1.54, 1.807) is 7.11 Å². The first-order valence-electron chi connectivity index (χ1n) is 7.64. The topological polar surface area (TPSA) is 57.0 Å². The van der Waals surface area contributed by atoms with E-state index in [0.717, 1.165) is 31.2 Å². The lowest BCUT2D eigenvalue weighted by atomic mass is 10.0. The van der Waals surface area contributed by atoms with Crippen molar-refractivity contribution in [2.45, 2.75) is 12.5 Å². The standard InChI is InChI=1S/C16H24N2O3/c1-19-11-12-4-5-18(10-12)14(9-17)13-2-3-15-16(8-13)21-7-6-20-15/h2-3,8,12,14H,4-7,9-11,17H2,1H3. The molecule has 21 heavy (non-hydrogen) atoms. The van der Waals surface area contributed by atoms with E-state index in [2.05, 4.69) is 17.0 Å². The highest BCUT2D eigenvalue weighted by Crippen LogP contribution is 2.35. The van der Waals surface area contributed by atoms with E-state index in [-0.39, 0.29) is 6.04 Å². The molecular formula is C16H24N2O3. The van der Waals surface area contributed by atoms with Crippen LogP contribution in [0.5, 0.6) is 11.5 Å². The van der Waals surface area contributed by atoms with Crippen LogP contribution in [0.25, 0.3) is 0 Å². The summed E-state index contributed by atoms with van der Waals surface area (Å²) in [5, 5.41) is 0. The predicted molar refractivity (Wildman–Crippen MR) is 80.8 cm³/mol. The summed E-state index contributed by atoms with van der Waals surface area (Å²) in [4.78, 5) is 2.45. The Labute approximate surface area is 126 Å². The summed E-state index contributed by atoms with van der Waals surface area (Å²) in [6.07, 6.45) is 1.18. The molecule has 1 saturated heterocycles. The zero-order chi connectivity index (χ0) is 14.7. The third kappa shape index (κ3) is 3.15. The molecule has 2 heterocycles. The fourth-order valence-electron chi connectivity index (χ4n) is 3.28. The van der Waals surface area contributed by atoms with Gasteiger partial charge in [-0.15, -0.1) is 0 Å². The first kappa shape index (κ1) is 14.6. The quantitative estimate of drug-likeness (QED) is 0.889. The molecule has 1 aromatic rings. The van der Waals surface area contributed by atoms with E-state index in [9.17, 15) is 0 Å². The second kappa shape index (κ2) is 6.64. The van der Waals surface area contributed by atoms with Gasteiger partial charge in [0, 0.05) is 26.2 Å². The van der Waals surface area contributed by atoms with Crippen molar-refractivity contribution in [1.29, 1.82) is 0 Å². The van der Waals surface area contributed by atoms with Gasteiger partial charge >= 0.3 is 0 Å². The monoisotopic (exact) mass is 292 g/mol. The average molecular weight is 292 g/mol. The molecule has 3 rings (SSSR count). The molecule has 0 aliphatic carbocycles. The molecule has 0 bridgehead atoms. The largest absolute Gasteiger partial charge is 0.486 e. The molecule has 5 nitrogen and oxygen atoms in total.